The van der Waals surface area contributed by atoms with Gasteiger partial charge in [0.2, 0.25) is 0 Å². The molecule has 20 heavy (non-hydrogen) atoms. The number of benzene rings is 1. The largest absolute Gasteiger partial charge is 0.352 e. The lowest BCUT2D eigenvalue weighted by Gasteiger charge is -2.32. The Labute approximate surface area is 115 Å². The van der Waals surface area contributed by atoms with Gasteiger partial charge in [-0.15, -0.1) is 0 Å². The van der Waals surface area contributed by atoms with Crippen molar-refractivity contribution in [1.29, 1.82) is 0 Å². The Balaban J connectivity index is 2.03. The van der Waals surface area contributed by atoms with Crippen molar-refractivity contribution < 1.29 is 0 Å². The summed E-state index contributed by atoms with van der Waals surface area (Å²) < 4.78 is 4.50. The van der Waals surface area contributed by atoms with E-state index in [0.717, 1.165) is 18.4 Å². The van der Waals surface area contributed by atoms with Crippen LogP contribution in [0.25, 0.3) is 5.69 Å². The van der Waals surface area contributed by atoms with Crippen LogP contribution in [0.2, 0.25) is 0 Å². The van der Waals surface area contributed by atoms with Gasteiger partial charge in [-0.1, -0.05) is 24.3 Å². The molecule has 3 aliphatic rings. The van der Waals surface area contributed by atoms with Crippen molar-refractivity contribution in [1.82, 2.24) is 13.9 Å². The fourth-order valence-electron chi connectivity index (χ4n) is 3.26. The molecule has 0 spiro atoms. The van der Waals surface area contributed by atoms with Gasteiger partial charge in [-0.05, 0) is 37.5 Å². The maximum absolute atomic E-state index is 12.6. The van der Waals surface area contributed by atoms with Gasteiger partial charge < -0.3 is 0 Å². The van der Waals surface area contributed by atoms with E-state index in [1.54, 1.807) is 15.4 Å². The van der Waals surface area contributed by atoms with Gasteiger partial charge in [-0.2, -0.15) is 0 Å². The van der Waals surface area contributed by atoms with Gasteiger partial charge in [0, 0.05) is 0 Å². The van der Waals surface area contributed by atoms with Crippen molar-refractivity contribution in [2.45, 2.75) is 31.8 Å². The summed E-state index contributed by atoms with van der Waals surface area (Å²) in [7, 11) is 0. The van der Waals surface area contributed by atoms with E-state index >= 15 is 0 Å². The molecule has 0 N–H and O–H groups in total. The predicted octanol–water partition coefficient (Wildman–Crippen LogP) is 1.55. The molecule has 3 heterocycles. The highest BCUT2D eigenvalue weighted by molar-refractivity contribution is 5.35. The number of nitrogens with zero attached hydrogens (tertiary/aromatic N) is 3. The second kappa shape index (κ2) is 3.85. The normalized spacial score (nSPS) is 23.1. The van der Waals surface area contributed by atoms with Crippen LogP contribution in [0, 0.1) is 6.92 Å². The molecule has 0 radical (unpaired) electrons. The SMILES string of the molecule is Cc1cccc(-n2c(=O)n3n(c2=O)C2C=CC3CC2)c1. The minimum Gasteiger partial charge on any atom is -0.245 e. The van der Waals surface area contributed by atoms with E-state index < -0.39 is 0 Å². The van der Waals surface area contributed by atoms with E-state index in [1.807, 2.05) is 37.3 Å². The van der Waals surface area contributed by atoms with Crippen LogP contribution in [0.5, 0.6) is 0 Å². The Morgan fingerprint density at radius 3 is 2.10 bits per heavy atom. The minimum atomic E-state index is -0.236. The van der Waals surface area contributed by atoms with E-state index in [2.05, 4.69) is 0 Å². The lowest BCUT2D eigenvalue weighted by Crippen LogP contribution is -2.39. The van der Waals surface area contributed by atoms with Gasteiger partial charge in [0.15, 0.2) is 0 Å². The molecule has 1 aromatic carbocycles. The summed E-state index contributed by atoms with van der Waals surface area (Å²) >= 11 is 0. The molecule has 102 valence electrons. The Hall–Kier alpha value is -2.30. The van der Waals surface area contributed by atoms with Crippen LogP contribution in [0.15, 0.2) is 46.0 Å². The molecule has 5 nitrogen and oxygen atoms in total. The average molecular weight is 269 g/mol. The third kappa shape index (κ3) is 1.37. The van der Waals surface area contributed by atoms with Crippen LogP contribution >= 0.6 is 0 Å². The van der Waals surface area contributed by atoms with Gasteiger partial charge in [-0.3, -0.25) is 0 Å². The summed E-state index contributed by atoms with van der Waals surface area (Å²) in [4.78, 5) is 25.2. The predicted molar refractivity (Wildman–Crippen MR) is 75.5 cm³/mol. The molecule has 5 heteroatoms. The molecule has 5 rings (SSSR count). The summed E-state index contributed by atoms with van der Waals surface area (Å²) in [5, 5.41) is 0. The smallest absolute Gasteiger partial charge is 0.245 e. The van der Waals surface area contributed by atoms with Crippen LogP contribution in [0.3, 0.4) is 0 Å². The highest BCUT2D eigenvalue weighted by Gasteiger charge is 2.33. The van der Waals surface area contributed by atoms with Gasteiger partial charge in [0.25, 0.3) is 0 Å². The van der Waals surface area contributed by atoms with Gasteiger partial charge in [0.05, 0.1) is 17.8 Å². The molecule has 2 aliphatic heterocycles. The summed E-state index contributed by atoms with van der Waals surface area (Å²) in [5.41, 5.74) is 1.21. The monoisotopic (exact) mass is 269 g/mol. The number of aryl methyl sites for hydroxylation is 1. The van der Waals surface area contributed by atoms with Crippen molar-refractivity contribution in [3.8, 4) is 5.69 Å². The lowest BCUT2D eigenvalue weighted by atomic mass is 9.96. The van der Waals surface area contributed by atoms with E-state index in [1.165, 1.54) is 4.57 Å². The topological polar surface area (TPSA) is 48.9 Å². The zero-order valence-electron chi connectivity index (χ0n) is 11.2. The summed E-state index contributed by atoms with van der Waals surface area (Å²) in [6.45, 7) is 1.95. The average Bonchev–Trinajstić information content (AvgIpc) is 2.74. The first-order valence-electron chi connectivity index (χ1n) is 6.88. The second-order valence-corrected chi connectivity index (χ2v) is 5.53. The first-order chi connectivity index (χ1) is 9.66. The van der Waals surface area contributed by atoms with Crippen molar-refractivity contribution in [2.24, 2.45) is 0 Å². The number of hydrogen-bond donors (Lipinski definition) is 0. The number of hydrogen-bond acceptors (Lipinski definition) is 2. The van der Waals surface area contributed by atoms with Crippen molar-refractivity contribution in [3.05, 3.63) is 62.9 Å². The van der Waals surface area contributed by atoms with Gasteiger partial charge in [-0.25, -0.2) is 23.5 Å². The molecule has 2 atom stereocenters. The van der Waals surface area contributed by atoms with E-state index in [9.17, 15) is 9.59 Å². The molecule has 2 aromatic rings. The Kier molecular flexibility index (Phi) is 2.22. The number of rotatable bonds is 1. The molecule has 0 amide bonds. The molecule has 0 fully saturated rings. The summed E-state index contributed by atoms with van der Waals surface area (Å²) in [5.74, 6) is 0. The molecule has 1 aliphatic carbocycles. The molecule has 2 bridgehead atoms. The maximum Gasteiger partial charge on any atom is 0.352 e. The van der Waals surface area contributed by atoms with Crippen LogP contribution < -0.4 is 11.4 Å². The quantitative estimate of drug-likeness (QED) is 0.738. The van der Waals surface area contributed by atoms with Crippen molar-refractivity contribution in [2.75, 3.05) is 0 Å². The Bertz CT molecular complexity index is 792. The van der Waals surface area contributed by atoms with Crippen LogP contribution in [-0.4, -0.2) is 13.9 Å². The van der Waals surface area contributed by atoms with E-state index in [0.29, 0.717) is 5.69 Å². The Morgan fingerprint density at radius 2 is 1.60 bits per heavy atom. The zero-order valence-corrected chi connectivity index (χ0v) is 11.2. The summed E-state index contributed by atoms with van der Waals surface area (Å²) in [6.07, 6.45) is 5.93. The minimum absolute atomic E-state index is 0.0197. The van der Waals surface area contributed by atoms with Crippen molar-refractivity contribution >= 4 is 0 Å². The first-order valence-corrected chi connectivity index (χ1v) is 6.88. The molecular formula is C15H15N3O2. The zero-order chi connectivity index (χ0) is 13.9. The molecule has 2 unspecified atom stereocenters. The number of allylic oxidation sites excluding steroid dienone is 2. The number of fused-ring (bicyclic) bond motifs is 1. The molecule has 0 saturated carbocycles. The van der Waals surface area contributed by atoms with E-state index in [-0.39, 0.29) is 23.5 Å². The molecule has 1 aromatic heterocycles. The first kappa shape index (κ1) is 11.5. The maximum atomic E-state index is 12.6. The fraction of sp³-hybridized carbons (Fsp3) is 0.333. The third-order valence-corrected chi connectivity index (χ3v) is 4.21. The fourth-order valence-corrected chi connectivity index (χ4v) is 3.26. The highest BCUT2D eigenvalue weighted by Crippen LogP contribution is 2.33. The second-order valence-electron chi connectivity index (χ2n) is 5.53. The molecule has 0 saturated heterocycles. The number of aromatic nitrogens is 3. The van der Waals surface area contributed by atoms with Crippen LogP contribution in [0.1, 0.15) is 30.5 Å². The van der Waals surface area contributed by atoms with Crippen LogP contribution in [-0.2, 0) is 0 Å². The highest BCUT2D eigenvalue weighted by atomic mass is 16.2. The third-order valence-electron chi connectivity index (χ3n) is 4.21. The van der Waals surface area contributed by atoms with Crippen molar-refractivity contribution in [3.63, 3.8) is 0 Å². The lowest BCUT2D eigenvalue weighted by molar-refractivity contribution is 0.257. The van der Waals surface area contributed by atoms with Gasteiger partial charge in [0.1, 0.15) is 0 Å². The van der Waals surface area contributed by atoms with E-state index in [4.69, 9.17) is 0 Å². The molecular weight excluding hydrogens is 254 g/mol. The Morgan fingerprint density at radius 1 is 1.00 bits per heavy atom. The van der Waals surface area contributed by atoms with Crippen LogP contribution in [0.4, 0.5) is 0 Å². The summed E-state index contributed by atoms with van der Waals surface area (Å²) in [6, 6.07) is 7.53. The van der Waals surface area contributed by atoms with Gasteiger partial charge >= 0.3 is 11.4 Å². The standard InChI is InChI=1S/C15H15N3O2/c1-10-3-2-4-13(9-10)16-14(19)17-11-5-6-12(8-7-11)18(17)15(16)20/h2-6,9,11-12H,7-8H2,1H3.